The van der Waals surface area contributed by atoms with Gasteiger partial charge in [-0.25, -0.2) is 9.18 Å². The van der Waals surface area contributed by atoms with Gasteiger partial charge in [0.1, 0.15) is 10.8 Å². The van der Waals surface area contributed by atoms with Crippen molar-refractivity contribution in [2.75, 3.05) is 18.4 Å². The Labute approximate surface area is 154 Å². The maximum Gasteiger partial charge on any atom is 0.323 e. The maximum absolute atomic E-state index is 13.4. The van der Waals surface area contributed by atoms with Gasteiger partial charge in [-0.1, -0.05) is 22.9 Å². The predicted octanol–water partition coefficient (Wildman–Crippen LogP) is 3.55. The molecule has 136 valence electrons. The van der Waals surface area contributed by atoms with E-state index in [0.717, 1.165) is 0 Å². The first-order valence-electron chi connectivity index (χ1n) is 7.72. The molecular weight excluding hydrogens is 367 g/mol. The smallest absolute Gasteiger partial charge is 0.323 e. The van der Waals surface area contributed by atoms with Gasteiger partial charge < -0.3 is 10.0 Å². The van der Waals surface area contributed by atoms with Gasteiger partial charge in [0.2, 0.25) is 5.13 Å². The molecule has 0 saturated heterocycles. The number of carbonyl (C=O) groups excluding carboxylic acids is 1. The molecular formula is C16H20ClFN4O2S. The molecule has 1 aromatic heterocycles. The van der Waals surface area contributed by atoms with E-state index in [1.165, 1.54) is 28.4 Å². The van der Waals surface area contributed by atoms with E-state index < -0.39 is 11.4 Å². The quantitative estimate of drug-likeness (QED) is 0.795. The molecule has 0 bridgehead atoms. The van der Waals surface area contributed by atoms with Crippen LogP contribution in [0.15, 0.2) is 18.2 Å². The highest BCUT2D eigenvalue weighted by Crippen LogP contribution is 2.21. The average molecular weight is 387 g/mol. The molecule has 0 aliphatic rings. The van der Waals surface area contributed by atoms with Crippen molar-refractivity contribution in [2.24, 2.45) is 0 Å². The SMILES string of the molecule is CCN(CC(C)(C)O)C(=O)Nc1nnc(Cc2cc(F)cc(Cl)c2)s1. The molecule has 0 aliphatic heterocycles. The molecule has 1 aromatic carbocycles. The molecule has 25 heavy (non-hydrogen) atoms. The number of urea groups is 1. The Kier molecular flexibility index (Phi) is 6.31. The fraction of sp³-hybridized carbons (Fsp3) is 0.438. The number of nitrogens with zero attached hydrogens (tertiary/aromatic N) is 3. The van der Waals surface area contributed by atoms with Crippen LogP contribution >= 0.6 is 22.9 Å². The Hall–Kier alpha value is -1.77. The number of benzene rings is 1. The zero-order valence-corrected chi connectivity index (χ0v) is 15.8. The Morgan fingerprint density at radius 2 is 2.12 bits per heavy atom. The van der Waals surface area contributed by atoms with Crippen molar-refractivity contribution in [2.45, 2.75) is 32.8 Å². The standard InChI is InChI=1S/C16H20ClFN4O2S/c1-4-22(9-16(2,3)24)15(23)19-14-21-20-13(25-14)7-10-5-11(17)8-12(18)6-10/h5-6,8,24H,4,7,9H2,1-3H3,(H,19,21,23). The zero-order chi connectivity index (χ0) is 18.6. The second kappa shape index (κ2) is 8.07. The summed E-state index contributed by atoms with van der Waals surface area (Å²) in [6.07, 6.45) is 0.367. The first-order valence-corrected chi connectivity index (χ1v) is 8.91. The van der Waals surface area contributed by atoms with Crippen molar-refractivity contribution < 1.29 is 14.3 Å². The van der Waals surface area contributed by atoms with E-state index in [9.17, 15) is 14.3 Å². The van der Waals surface area contributed by atoms with Crippen molar-refractivity contribution in [3.63, 3.8) is 0 Å². The second-order valence-corrected chi connectivity index (χ2v) is 7.71. The molecule has 0 fully saturated rings. The third-order valence-corrected chi connectivity index (χ3v) is 4.26. The van der Waals surface area contributed by atoms with Crippen molar-refractivity contribution in [3.8, 4) is 0 Å². The van der Waals surface area contributed by atoms with Crippen LogP contribution < -0.4 is 5.32 Å². The van der Waals surface area contributed by atoms with Crippen LogP contribution in [0.2, 0.25) is 5.02 Å². The third-order valence-electron chi connectivity index (χ3n) is 3.21. The average Bonchev–Trinajstić information content (AvgIpc) is 2.89. The van der Waals surface area contributed by atoms with Crippen molar-refractivity contribution in [1.29, 1.82) is 0 Å². The van der Waals surface area contributed by atoms with Gasteiger partial charge in [-0.05, 0) is 44.5 Å². The lowest BCUT2D eigenvalue weighted by Crippen LogP contribution is -2.44. The highest BCUT2D eigenvalue weighted by Gasteiger charge is 2.22. The number of aliphatic hydroxyl groups is 1. The first kappa shape index (κ1) is 19.6. The van der Waals surface area contributed by atoms with E-state index in [4.69, 9.17) is 11.6 Å². The minimum absolute atomic E-state index is 0.197. The summed E-state index contributed by atoms with van der Waals surface area (Å²) in [5.41, 5.74) is -0.313. The van der Waals surface area contributed by atoms with E-state index in [1.54, 1.807) is 19.9 Å². The highest BCUT2D eigenvalue weighted by atomic mass is 35.5. The van der Waals surface area contributed by atoms with Gasteiger partial charge in [0, 0.05) is 18.0 Å². The van der Waals surface area contributed by atoms with Crippen LogP contribution in [0.5, 0.6) is 0 Å². The monoisotopic (exact) mass is 386 g/mol. The lowest BCUT2D eigenvalue weighted by molar-refractivity contribution is 0.0501. The number of rotatable bonds is 6. The van der Waals surface area contributed by atoms with Crippen LogP contribution in [0.4, 0.5) is 14.3 Å². The Bertz CT molecular complexity index is 728. The summed E-state index contributed by atoms with van der Waals surface area (Å²) in [5, 5.41) is 21.7. The van der Waals surface area contributed by atoms with E-state index in [2.05, 4.69) is 15.5 Å². The number of hydrogen-bond acceptors (Lipinski definition) is 5. The minimum atomic E-state index is -0.990. The van der Waals surface area contributed by atoms with Gasteiger partial charge in [0.25, 0.3) is 0 Å². The normalized spacial score (nSPS) is 11.4. The number of nitrogens with one attached hydrogen (secondary N) is 1. The molecule has 0 unspecified atom stereocenters. The molecule has 2 amide bonds. The molecule has 0 aliphatic carbocycles. The summed E-state index contributed by atoms with van der Waals surface area (Å²) < 4.78 is 13.4. The van der Waals surface area contributed by atoms with Crippen LogP contribution in [0.25, 0.3) is 0 Å². The van der Waals surface area contributed by atoms with E-state index >= 15 is 0 Å². The van der Waals surface area contributed by atoms with Crippen molar-refractivity contribution in [1.82, 2.24) is 15.1 Å². The van der Waals surface area contributed by atoms with Crippen LogP contribution in [0.3, 0.4) is 0 Å². The number of anilines is 1. The number of likely N-dealkylation sites (N-methyl/N-ethyl adjacent to an activating group) is 1. The predicted molar refractivity (Wildman–Crippen MR) is 96.7 cm³/mol. The van der Waals surface area contributed by atoms with Gasteiger partial charge in [0.05, 0.1) is 12.1 Å². The fourth-order valence-corrected chi connectivity index (χ4v) is 3.24. The van der Waals surface area contributed by atoms with Crippen LogP contribution in [0.1, 0.15) is 31.3 Å². The number of aromatic nitrogens is 2. The summed E-state index contributed by atoms with van der Waals surface area (Å²) in [4.78, 5) is 13.7. The third kappa shape index (κ3) is 6.22. The lowest BCUT2D eigenvalue weighted by atomic mass is 10.1. The Morgan fingerprint density at radius 3 is 2.72 bits per heavy atom. The summed E-state index contributed by atoms with van der Waals surface area (Å²) in [7, 11) is 0. The van der Waals surface area contributed by atoms with Gasteiger partial charge in [-0.15, -0.1) is 10.2 Å². The summed E-state index contributed by atoms with van der Waals surface area (Å²) in [6, 6.07) is 3.92. The fourth-order valence-electron chi connectivity index (χ4n) is 2.23. The number of halogens is 2. The molecule has 6 nitrogen and oxygen atoms in total. The molecule has 0 spiro atoms. The molecule has 0 radical (unpaired) electrons. The summed E-state index contributed by atoms with van der Waals surface area (Å²) >= 11 is 7.04. The van der Waals surface area contributed by atoms with Crippen molar-refractivity contribution in [3.05, 3.63) is 39.6 Å². The lowest BCUT2D eigenvalue weighted by Gasteiger charge is -2.27. The Morgan fingerprint density at radius 1 is 1.40 bits per heavy atom. The van der Waals surface area contributed by atoms with Crippen LogP contribution in [-0.2, 0) is 6.42 Å². The van der Waals surface area contributed by atoms with E-state index in [0.29, 0.717) is 33.7 Å². The minimum Gasteiger partial charge on any atom is -0.389 e. The molecule has 9 heteroatoms. The highest BCUT2D eigenvalue weighted by molar-refractivity contribution is 7.15. The molecule has 0 atom stereocenters. The molecule has 1 heterocycles. The van der Waals surface area contributed by atoms with E-state index in [1.807, 2.05) is 6.92 Å². The Balaban J connectivity index is 2.02. The molecule has 2 N–H and O–H groups in total. The van der Waals surface area contributed by atoms with Crippen LogP contribution in [0, 0.1) is 5.82 Å². The number of carbonyl (C=O) groups is 1. The first-order chi connectivity index (χ1) is 11.7. The largest absolute Gasteiger partial charge is 0.389 e. The van der Waals surface area contributed by atoms with Gasteiger partial charge in [0.15, 0.2) is 0 Å². The second-order valence-electron chi connectivity index (χ2n) is 6.21. The van der Waals surface area contributed by atoms with Gasteiger partial charge in [-0.3, -0.25) is 5.32 Å². The molecule has 2 aromatic rings. The molecule has 2 rings (SSSR count). The molecule has 0 saturated carbocycles. The van der Waals surface area contributed by atoms with Gasteiger partial charge in [-0.2, -0.15) is 0 Å². The summed E-state index contributed by atoms with van der Waals surface area (Å²) in [6.45, 7) is 5.74. The summed E-state index contributed by atoms with van der Waals surface area (Å²) in [5.74, 6) is -0.411. The number of amides is 2. The zero-order valence-electron chi connectivity index (χ0n) is 14.2. The van der Waals surface area contributed by atoms with Crippen LogP contribution in [-0.4, -0.2) is 44.9 Å². The topological polar surface area (TPSA) is 78.4 Å². The van der Waals surface area contributed by atoms with E-state index in [-0.39, 0.29) is 12.6 Å². The van der Waals surface area contributed by atoms with Crippen molar-refractivity contribution >= 4 is 34.1 Å². The number of hydrogen-bond donors (Lipinski definition) is 2. The maximum atomic E-state index is 13.4. The van der Waals surface area contributed by atoms with Gasteiger partial charge >= 0.3 is 6.03 Å².